The van der Waals surface area contributed by atoms with Crippen LogP contribution in [0.4, 0.5) is 0 Å². The molecule has 1 heterocycles. The van der Waals surface area contributed by atoms with Crippen LogP contribution >= 0.6 is 34.8 Å². The second kappa shape index (κ2) is 8.12. The molecule has 5 unspecified atom stereocenters. The summed E-state index contributed by atoms with van der Waals surface area (Å²) in [6, 6.07) is 0. The molecule has 0 aromatic rings. The lowest BCUT2D eigenvalue weighted by Gasteiger charge is -2.58. The van der Waals surface area contributed by atoms with Crippen molar-refractivity contribution in [2.45, 2.75) is 80.2 Å². The average Bonchev–Trinajstić information content (AvgIpc) is 2.75. The van der Waals surface area contributed by atoms with Gasteiger partial charge in [-0.25, -0.2) is 0 Å². The van der Waals surface area contributed by atoms with Gasteiger partial charge in [0, 0.05) is 11.5 Å². The predicted octanol–water partition coefficient (Wildman–Crippen LogP) is 4.64. The molecule has 0 radical (unpaired) electrons. The smallest absolute Gasteiger partial charge is 0.373 e. The van der Waals surface area contributed by atoms with Gasteiger partial charge in [0.15, 0.2) is 11.4 Å². The summed E-state index contributed by atoms with van der Waals surface area (Å²) in [5, 5.41) is 9.53. The maximum atomic E-state index is 14.4. The van der Waals surface area contributed by atoms with Crippen molar-refractivity contribution in [3.8, 4) is 0 Å². The Morgan fingerprint density at radius 2 is 1.77 bits per heavy atom. The summed E-state index contributed by atoms with van der Waals surface area (Å²) in [4.78, 5) is 41.9. The van der Waals surface area contributed by atoms with Gasteiger partial charge in [-0.3, -0.25) is 14.4 Å². The molecule has 0 bridgehead atoms. The number of Topliss-reactive ketones (excluding diaryl/α,β-unsaturated/α-hetero) is 2. The third-order valence-corrected chi connectivity index (χ3v) is 10.3. The van der Waals surface area contributed by atoms with Crippen molar-refractivity contribution >= 4 is 57.9 Å². The molecule has 1 saturated heterocycles. The van der Waals surface area contributed by atoms with E-state index in [0.29, 0.717) is 12.8 Å². The van der Waals surface area contributed by atoms with Crippen LogP contribution in [-0.4, -0.2) is 59.8 Å². The molecule has 0 aromatic heterocycles. The number of hydrogen-bond donors (Lipinski definition) is 1. The van der Waals surface area contributed by atoms with Crippen molar-refractivity contribution in [2.24, 2.45) is 11.3 Å². The van der Waals surface area contributed by atoms with Crippen molar-refractivity contribution in [3.05, 3.63) is 40.7 Å². The lowest BCUT2D eigenvalue weighted by molar-refractivity contribution is -0.203. The van der Waals surface area contributed by atoms with E-state index in [1.807, 2.05) is 13.8 Å². The zero-order valence-corrected chi connectivity index (χ0v) is 22.2. The largest absolute Gasteiger partial charge is 0.507 e. The molecule has 3 aliphatic carbocycles. The molecule has 35 heavy (non-hydrogen) atoms. The number of fused-ring (bicyclic) bond motifs is 1. The number of rotatable bonds is 2. The average molecular weight is 542 g/mol. The Labute approximate surface area is 218 Å². The van der Waals surface area contributed by atoms with Gasteiger partial charge in [0.05, 0.1) is 16.6 Å². The second-order valence-corrected chi connectivity index (χ2v) is 12.7. The zero-order valence-electron chi connectivity index (χ0n) is 20.0. The highest BCUT2D eigenvalue weighted by atomic mass is 35.5. The van der Waals surface area contributed by atoms with Crippen LogP contribution in [0.5, 0.6) is 0 Å². The van der Waals surface area contributed by atoms with Crippen LogP contribution in [0, 0.1) is 11.3 Å². The van der Waals surface area contributed by atoms with E-state index in [1.165, 1.54) is 0 Å². The Morgan fingerprint density at radius 1 is 1.14 bits per heavy atom. The molecule has 4 aliphatic rings. The second-order valence-electron chi connectivity index (χ2n) is 11.0. The SMILES string of the molecule is C=C1CCC(Cl)C(C)(C)C1CC12OC(C)(C)C(Cl)CC1(Cl)C(=O)C1=C(C2=O)C(=[N+]=[N-])C(=O)C=C1O. The van der Waals surface area contributed by atoms with E-state index < -0.39 is 66.8 Å². The summed E-state index contributed by atoms with van der Waals surface area (Å²) in [7, 11) is 0. The van der Waals surface area contributed by atoms with E-state index in [2.05, 4.69) is 11.4 Å². The molecule has 1 aliphatic heterocycles. The zero-order chi connectivity index (χ0) is 26.3. The minimum absolute atomic E-state index is 0.0582. The fraction of sp³-hybridized carbons (Fsp3) is 0.600. The van der Waals surface area contributed by atoms with Gasteiger partial charge in [0.25, 0.3) is 5.78 Å². The Bertz CT molecular complexity index is 1200. The van der Waals surface area contributed by atoms with Crippen molar-refractivity contribution in [2.75, 3.05) is 0 Å². The van der Waals surface area contributed by atoms with E-state index in [1.54, 1.807) is 13.8 Å². The van der Waals surface area contributed by atoms with E-state index in [9.17, 15) is 25.0 Å². The predicted molar refractivity (Wildman–Crippen MR) is 132 cm³/mol. The third-order valence-electron chi connectivity index (χ3n) is 8.23. The summed E-state index contributed by atoms with van der Waals surface area (Å²) in [5.74, 6) is -3.66. The summed E-state index contributed by atoms with van der Waals surface area (Å²) < 4.78 is 6.45. The quantitative estimate of drug-likeness (QED) is 0.180. The summed E-state index contributed by atoms with van der Waals surface area (Å²) >= 11 is 20.4. The Morgan fingerprint density at radius 3 is 2.37 bits per heavy atom. The number of aliphatic hydroxyl groups is 1. The highest BCUT2D eigenvalue weighted by Crippen LogP contribution is 2.60. The number of aliphatic hydroxyl groups excluding tert-OH is 1. The molecular formula is C25H27Cl3N2O5. The topological polar surface area (TPSA) is 117 Å². The van der Waals surface area contributed by atoms with Crippen LogP contribution in [-0.2, 0) is 19.1 Å². The van der Waals surface area contributed by atoms with Crippen molar-refractivity contribution in [1.29, 1.82) is 0 Å². The van der Waals surface area contributed by atoms with Crippen LogP contribution in [0.15, 0.2) is 35.1 Å². The summed E-state index contributed by atoms with van der Waals surface area (Å²) in [6.07, 6.45) is 1.85. The number of carbonyl (C=O) groups is 3. The normalized spacial score (nSPS) is 38.5. The van der Waals surface area contributed by atoms with Crippen LogP contribution in [0.1, 0.15) is 53.4 Å². The summed E-state index contributed by atoms with van der Waals surface area (Å²) in [5.41, 5.74) is 5.17. The Kier molecular flexibility index (Phi) is 6.10. The van der Waals surface area contributed by atoms with Gasteiger partial charge in [-0.15, -0.1) is 34.8 Å². The van der Waals surface area contributed by atoms with E-state index >= 15 is 0 Å². The Hall–Kier alpha value is -1.76. The number of carbonyl (C=O) groups excluding carboxylic acids is 3. The molecule has 0 spiro atoms. The number of halogens is 3. The van der Waals surface area contributed by atoms with Gasteiger partial charge in [-0.1, -0.05) is 26.0 Å². The number of hydrogen-bond acceptors (Lipinski definition) is 5. The molecule has 7 nitrogen and oxygen atoms in total. The number of ether oxygens (including phenoxy) is 1. The minimum atomic E-state index is -2.00. The first kappa shape index (κ1) is 26.3. The van der Waals surface area contributed by atoms with Crippen LogP contribution in [0.25, 0.3) is 5.53 Å². The van der Waals surface area contributed by atoms with Gasteiger partial charge in [-0.05, 0) is 50.9 Å². The molecule has 2 fully saturated rings. The fourth-order valence-electron chi connectivity index (χ4n) is 5.93. The van der Waals surface area contributed by atoms with E-state index in [0.717, 1.165) is 11.6 Å². The molecule has 0 aromatic carbocycles. The molecule has 1 saturated carbocycles. The molecule has 4 rings (SSSR count). The third kappa shape index (κ3) is 3.47. The molecule has 10 heteroatoms. The van der Waals surface area contributed by atoms with Crippen LogP contribution in [0.3, 0.4) is 0 Å². The minimum Gasteiger partial charge on any atom is -0.507 e. The number of nitrogens with zero attached hydrogens (tertiary/aromatic N) is 2. The first-order valence-corrected chi connectivity index (χ1v) is 12.7. The van der Waals surface area contributed by atoms with Gasteiger partial charge in [0.1, 0.15) is 16.2 Å². The maximum absolute atomic E-state index is 14.4. The highest BCUT2D eigenvalue weighted by molar-refractivity contribution is 6.59. The lowest BCUT2D eigenvalue weighted by Crippen LogP contribution is -2.74. The van der Waals surface area contributed by atoms with Crippen molar-refractivity contribution in [1.82, 2.24) is 0 Å². The van der Waals surface area contributed by atoms with Crippen molar-refractivity contribution in [3.63, 3.8) is 0 Å². The van der Waals surface area contributed by atoms with Gasteiger partial charge < -0.3 is 15.4 Å². The van der Waals surface area contributed by atoms with Gasteiger partial charge in [-0.2, -0.15) is 4.79 Å². The highest BCUT2D eigenvalue weighted by Gasteiger charge is 2.73. The van der Waals surface area contributed by atoms with E-state index in [4.69, 9.17) is 39.5 Å². The molecule has 1 N–H and O–H groups in total. The fourth-order valence-corrected chi connectivity index (χ4v) is 7.00. The number of alkyl halides is 3. The van der Waals surface area contributed by atoms with Crippen LogP contribution in [0.2, 0.25) is 0 Å². The standard InChI is InChI=1S/C25H27Cl3N2O5/c1-11-6-7-15(26)22(2,3)12(11)9-25-21(34)18-17(13(31)8-14(32)19(18)30-29)20(33)24(25,28)10-16(27)23(4,5)35-25/h8,12,15-16,31H,1,6-7,9-10H2,2-5H3. The Balaban J connectivity index is 2.01. The van der Waals surface area contributed by atoms with Crippen molar-refractivity contribution < 1.29 is 29.0 Å². The number of allylic oxidation sites excluding steroid dienone is 3. The van der Waals surface area contributed by atoms with Gasteiger partial charge in [0.2, 0.25) is 5.78 Å². The van der Waals surface area contributed by atoms with Crippen LogP contribution < -0.4 is 0 Å². The molecule has 188 valence electrons. The van der Waals surface area contributed by atoms with E-state index in [-0.39, 0.29) is 24.1 Å². The lowest BCUT2D eigenvalue weighted by atomic mass is 9.56. The molecule has 0 amide bonds. The first-order chi connectivity index (χ1) is 16.0. The van der Waals surface area contributed by atoms with Gasteiger partial charge >= 0.3 is 5.71 Å². The molecular weight excluding hydrogens is 515 g/mol. The first-order valence-electron chi connectivity index (χ1n) is 11.4. The maximum Gasteiger partial charge on any atom is 0.373 e. The summed E-state index contributed by atoms with van der Waals surface area (Å²) in [6.45, 7) is 11.5. The monoisotopic (exact) mass is 540 g/mol. The number of ketones is 3. The molecule has 5 atom stereocenters.